The van der Waals surface area contributed by atoms with Crippen molar-refractivity contribution in [2.75, 3.05) is 18.0 Å². The number of aryl methyl sites for hydroxylation is 1. The van der Waals surface area contributed by atoms with Crippen molar-refractivity contribution in [1.29, 1.82) is 5.26 Å². The third-order valence-electron chi connectivity index (χ3n) is 4.92. The number of hydrogen-bond donors (Lipinski definition) is 1. The van der Waals surface area contributed by atoms with Crippen molar-refractivity contribution in [2.45, 2.75) is 25.8 Å². The van der Waals surface area contributed by atoms with Gasteiger partial charge in [0.25, 0.3) is 5.56 Å². The third-order valence-corrected chi connectivity index (χ3v) is 4.92. The quantitative estimate of drug-likeness (QED) is 0.860. The maximum absolute atomic E-state index is 12.6. The van der Waals surface area contributed by atoms with E-state index in [2.05, 4.69) is 22.9 Å². The van der Waals surface area contributed by atoms with Crippen LogP contribution < -0.4 is 15.8 Å². The van der Waals surface area contributed by atoms with Gasteiger partial charge in [-0.1, -0.05) is 24.8 Å². The SMILES string of the molecule is C=C(C)C(=O)NC1CCN(c2c(C#N)c(=O)n(C)c3ccccc23)CC1. The number of carbonyl (C=O) groups is 1. The van der Waals surface area contributed by atoms with E-state index in [1.54, 1.807) is 14.0 Å². The highest BCUT2D eigenvalue weighted by molar-refractivity contribution is 5.95. The van der Waals surface area contributed by atoms with E-state index in [0.29, 0.717) is 24.4 Å². The van der Waals surface area contributed by atoms with Crippen LogP contribution in [-0.4, -0.2) is 29.6 Å². The molecule has 1 aromatic heterocycles. The van der Waals surface area contributed by atoms with Gasteiger partial charge in [-0.15, -0.1) is 0 Å². The first-order chi connectivity index (χ1) is 12.4. The van der Waals surface area contributed by atoms with E-state index in [1.807, 2.05) is 24.3 Å². The number of anilines is 1. The highest BCUT2D eigenvalue weighted by Crippen LogP contribution is 2.30. The number of para-hydroxylation sites is 1. The van der Waals surface area contributed by atoms with Gasteiger partial charge < -0.3 is 14.8 Å². The van der Waals surface area contributed by atoms with Crippen LogP contribution in [-0.2, 0) is 11.8 Å². The number of nitrogens with zero attached hydrogens (tertiary/aromatic N) is 3. The highest BCUT2D eigenvalue weighted by Gasteiger charge is 2.25. The maximum Gasteiger partial charge on any atom is 0.270 e. The molecule has 6 heteroatoms. The monoisotopic (exact) mass is 350 g/mol. The first-order valence-corrected chi connectivity index (χ1v) is 8.67. The second-order valence-corrected chi connectivity index (χ2v) is 6.73. The average molecular weight is 350 g/mol. The molecule has 6 nitrogen and oxygen atoms in total. The standard InChI is InChI=1S/C20H22N4O2/c1-13(2)19(25)22-14-8-10-24(11-9-14)18-15-6-4-5-7-17(15)23(3)20(26)16(18)12-21/h4-7,14H,1,8-11H2,2-3H3,(H,22,25). The first kappa shape index (κ1) is 17.7. The van der Waals surface area contributed by atoms with Crippen LogP contribution in [0, 0.1) is 11.3 Å². The normalized spacial score (nSPS) is 14.9. The van der Waals surface area contributed by atoms with E-state index in [9.17, 15) is 14.9 Å². The smallest absolute Gasteiger partial charge is 0.270 e. The Balaban J connectivity index is 1.94. The minimum absolute atomic E-state index is 0.0822. The number of pyridine rings is 1. The van der Waals surface area contributed by atoms with Crippen LogP contribution in [0.5, 0.6) is 0 Å². The van der Waals surface area contributed by atoms with E-state index < -0.39 is 0 Å². The third kappa shape index (κ3) is 3.08. The van der Waals surface area contributed by atoms with E-state index >= 15 is 0 Å². The van der Waals surface area contributed by atoms with Gasteiger partial charge in [0.15, 0.2) is 0 Å². The zero-order valence-corrected chi connectivity index (χ0v) is 15.1. The molecule has 1 aliphatic rings. The molecule has 0 bridgehead atoms. The molecule has 3 rings (SSSR count). The van der Waals surface area contributed by atoms with E-state index in [4.69, 9.17) is 0 Å². The van der Waals surface area contributed by atoms with Crippen LogP contribution in [0.25, 0.3) is 10.9 Å². The fourth-order valence-corrected chi connectivity index (χ4v) is 3.46. The number of piperidine rings is 1. The first-order valence-electron chi connectivity index (χ1n) is 8.67. The molecule has 1 fully saturated rings. The Hall–Kier alpha value is -3.07. The lowest BCUT2D eigenvalue weighted by Gasteiger charge is -2.35. The van der Waals surface area contributed by atoms with Crippen molar-refractivity contribution in [2.24, 2.45) is 7.05 Å². The summed E-state index contributed by atoms with van der Waals surface area (Å²) >= 11 is 0. The summed E-state index contributed by atoms with van der Waals surface area (Å²) < 4.78 is 1.53. The van der Waals surface area contributed by atoms with Crippen molar-refractivity contribution in [3.05, 3.63) is 52.3 Å². The van der Waals surface area contributed by atoms with Crippen LogP contribution in [0.3, 0.4) is 0 Å². The summed E-state index contributed by atoms with van der Waals surface area (Å²) in [7, 11) is 1.69. The Morgan fingerprint density at radius 3 is 2.58 bits per heavy atom. The minimum atomic E-state index is -0.279. The fourth-order valence-electron chi connectivity index (χ4n) is 3.46. The molecule has 134 valence electrons. The van der Waals surface area contributed by atoms with Gasteiger partial charge in [0.05, 0.1) is 11.2 Å². The van der Waals surface area contributed by atoms with Crippen molar-refractivity contribution in [1.82, 2.24) is 9.88 Å². The zero-order valence-electron chi connectivity index (χ0n) is 15.1. The second-order valence-electron chi connectivity index (χ2n) is 6.73. The van der Waals surface area contributed by atoms with Crippen LogP contribution in [0.1, 0.15) is 25.3 Å². The number of nitriles is 1. The molecule has 0 radical (unpaired) electrons. The van der Waals surface area contributed by atoms with Crippen molar-refractivity contribution in [3.8, 4) is 6.07 Å². The maximum atomic E-state index is 12.6. The number of nitrogens with one attached hydrogen (secondary N) is 1. The van der Waals surface area contributed by atoms with Crippen LogP contribution in [0.4, 0.5) is 5.69 Å². The van der Waals surface area contributed by atoms with Gasteiger partial charge >= 0.3 is 0 Å². The summed E-state index contributed by atoms with van der Waals surface area (Å²) in [6.07, 6.45) is 1.51. The minimum Gasteiger partial charge on any atom is -0.370 e. The van der Waals surface area contributed by atoms with E-state index in [-0.39, 0.29) is 23.1 Å². The predicted octanol–water partition coefficient (Wildman–Crippen LogP) is 2.07. The number of rotatable bonds is 3. The van der Waals surface area contributed by atoms with Crippen molar-refractivity contribution in [3.63, 3.8) is 0 Å². The predicted molar refractivity (Wildman–Crippen MR) is 102 cm³/mol. The van der Waals surface area contributed by atoms with Crippen LogP contribution in [0.2, 0.25) is 0 Å². The van der Waals surface area contributed by atoms with Crippen molar-refractivity contribution < 1.29 is 4.79 Å². The molecule has 1 aromatic carbocycles. The largest absolute Gasteiger partial charge is 0.370 e. The molecule has 0 spiro atoms. The zero-order chi connectivity index (χ0) is 18.8. The fraction of sp³-hybridized carbons (Fsp3) is 0.350. The molecule has 0 unspecified atom stereocenters. The van der Waals surface area contributed by atoms with Gasteiger partial charge in [0.2, 0.25) is 5.91 Å². The Bertz CT molecular complexity index is 976. The lowest BCUT2D eigenvalue weighted by molar-refractivity contribution is -0.118. The lowest BCUT2D eigenvalue weighted by Crippen LogP contribution is -2.45. The number of amides is 1. The molecule has 1 saturated heterocycles. The molecular weight excluding hydrogens is 328 g/mol. The number of aromatic nitrogens is 1. The average Bonchev–Trinajstić information content (AvgIpc) is 2.65. The molecule has 0 atom stereocenters. The number of fused-ring (bicyclic) bond motifs is 1. The number of benzene rings is 1. The molecule has 2 aromatic rings. The molecule has 0 aliphatic carbocycles. The van der Waals surface area contributed by atoms with Gasteiger partial charge in [0, 0.05) is 37.1 Å². The van der Waals surface area contributed by atoms with Crippen molar-refractivity contribution >= 4 is 22.5 Å². The van der Waals surface area contributed by atoms with Gasteiger partial charge in [-0.3, -0.25) is 9.59 Å². The molecule has 1 N–H and O–H groups in total. The number of hydrogen-bond acceptors (Lipinski definition) is 4. The number of carbonyl (C=O) groups excluding carboxylic acids is 1. The molecule has 1 aliphatic heterocycles. The van der Waals surface area contributed by atoms with E-state index in [0.717, 1.165) is 23.7 Å². The summed E-state index contributed by atoms with van der Waals surface area (Å²) in [5, 5.41) is 13.5. The summed E-state index contributed by atoms with van der Waals surface area (Å²) in [6.45, 7) is 6.70. The van der Waals surface area contributed by atoms with Crippen LogP contribution in [0.15, 0.2) is 41.2 Å². The molecular formula is C20H22N4O2. The van der Waals surface area contributed by atoms with Gasteiger partial charge in [-0.2, -0.15) is 5.26 Å². The Morgan fingerprint density at radius 2 is 1.96 bits per heavy atom. The van der Waals surface area contributed by atoms with Crippen LogP contribution >= 0.6 is 0 Å². The summed E-state index contributed by atoms with van der Waals surface area (Å²) in [6, 6.07) is 9.81. The Labute approximate surface area is 152 Å². The summed E-state index contributed by atoms with van der Waals surface area (Å²) in [5.41, 5.74) is 1.91. The summed E-state index contributed by atoms with van der Waals surface area (Å²) in [4.78, 5) is 26.5. The second kappa shape index (κ2) is 7.04. The molecule has 2 heterocycles. The van der Waals surface area contributed by atoms with Gasteiger partial charge in [-0.05, 0) is 25.8 Å². The van der Waals surface area contributed by atoms with Gasteiger partial charge in [0.1, 0.15) is 11.6 Å². The highest BCUT2D eigenvalue weighted by atomic mass is 16.1. The molecule has 26 heavy (non-hydrogen) atoms. The molecule has 1 amide bonds. The van der Waals surface area contributed by atoms with Gasteiger partial charge in [-0.25, -0.2) is 0 Å². The Kier molecular flexibility index (Phi) is 4.81. The Morgan fingerprint density at radius 1 is 1.31 bits per heavy atom. The summed E-state index contributed by atoms with van der Waals surface area (Å²) in [5.74, 6) is -0.125. The molecule has 0 saturated carbocycles. The topological polar surface area (TPSA) is 78.1 Å². The lowest BCUT2D eigenvalue weighted by atomic mass is 10.0. The van der Waals surface area contributed by atoms with E-state index in [1.165, 1.54) is 4.57 Å².